The summed E-state index contributed by atoms with van der Waals surface area (Å²) in [6.45, 7) is 0.889. The fourth-order valence-electron chi connectivity index (χ4n) is 2.13. The largest absolute Gasteiger partial charge is 0.486 e. The van der Waals surface area contributed by atoms with Gasteiger partial charge in [-0.3, -0.25) is 0 Å². The van der Waals surface area contributed by atoms with Crippen molar-refractivity contribution in [1.29, 1.82) is 0 Å². The van der Waals surface area contributed by atoms with Crippen LogP contribution in [-0.4, -0.2) is 39.4 Å². The second-order valence-electron chi connectivity index (χ2n) is 4.39. The summed E-state index contributed by atoms with van der Waals surface area (Å²) >= 11 is 3.35. The number of aliphatic hydroxyl groups excluding tert-OH is 1. The molecule has 2 heterocycles. The Balaban J connectivity index is 2.03. The van der Waals surface area contributed by atoms with Gasteiger partial charge in [0.25, 0.3) is 0 Å². The molecule has 21 heavy (non-hydrogen) atoms. The summed E-state index contributed by atoms with van der Waals surface area (Å²) in [7, 11) is 0. The second-order valence-corrected chi connectivity index (χ2v) is 5.24. The lowest BCUT2D eigenvalue weighted by Gasteiger charge is -2.21. The molecule has 7 nitrogen and oxygen atoms in total. The number of carbonyl (C=O) groups is 1. The molecule has 1 aromatic carbocycles. The van der Waals surface area contributed by atoms with Crippen LogP contribution in [0.2, 0.25) is 0 Å². The van der Waals surface area contributed by atoms with Crippen LogP contribution >= 0.6 is 15.9 Å². The number of fused-ring (bicyclic) bond motifs is 1. The van der Waals surface area contributed by atoms with Gasteiger partial charge in [0.15, 0.2) is 17.2 Å². The number of aromatic amines is 1. The third kappa shape index (κ3) is 2.47. The standard InChI is InChI=1S/C13H11BrN2O5/c14-7-4-9-8(20-1-2-21-9)3-6(7)12(17)10-11(13(18)19)16-5-15-10/h3-5,12,17H,1-2H2,(H,15,16)(H,18,19). The molecule has 2 aromatic rings. The molecule has 1 aliphatic heterocycles. The third-order valence-electron chi connectivity index (χ3n) is 3.10. The maximum absolute atomic E-state index is 11.1. The molecule has 1 aromatic heterocycles. The van der Waals surface area contributed by atoms with Crippen LogP contribution in [0.3, 0.4) is 0 Å². The molecule has 8 heteroatoms. The Morgan fingerprint density at radius 3 is 2.67 bits per heavy atom. The number of imidazole rings is 1. The van der Waals surface area contributed by atoms with Crippen LogP contribution in [0.1, 0.15) is 27.8 Å². The molecule has 1 aliphatic rings. The van der Waals surface area contributed by atoms with Crippen LogP contribution in [0.5, 0.6) is 11.5 Å². The first kappa shape index (κ1) is 13.9. The molecule has 0 aliphatic carbocycles. The van der Waals surface area contributed by atoms with Gasteiger partial charge in [0, 0.05) is 10.0 Å². The fraction of sp³-hybridized carbons (Fsp3) is 0.231. The van der Waals surface area contributed by atoms with Gasteiger partial charge < -0.3 is 24.7 Å². The molecule has 3 N–H and O–H groups in total. The van der Waals surface area contributed by atoms with Crippen molar-refractivity contribution in [3.63, 3.8) is 0 Å². The summed E-state index contributed by atoms with van der Waals surface area (Å²) in [4.78, 5) is 17.4. The Bertz CT molecular complexity index is 700. The highest BCUT2D eigenvalue weighted by Gasteiger charge is 2.25. The highest BCUT2D eigenvalue weighted by atomic mass is 79.9. The zero-order valence-corrected chi connectivity index (χ0v) is 12.3. The number of carboxylic acids is 1. The van der Waals surface area contributed by atoms with Crippen LogP contribution < -0.4 is 9.47 Å². The minimum atomic E-state index is -1.21. The molecule has 0 spiro atoms. The van der Waals surface area contributed by atoms with E-state index in [-0.39, 0.29) is 11.4 Å². The molecule has 0 amide bonds. The molecule has 0 fully saturated rings. The number of rotatable bonds is 3. The van der Waals surface area contributed by atoms with Gasteiger partial charge in [-0.05, 0) is 12.1 Å². The molecular weight excluding hydrogens is 344 g/mol. The van der Waals surface area contributed by atoms with E-state index in [0.717, 1.165) is 0 Å². The van der Waals surface area contributed by atoms with Crippen LogP contribution in [0.25, 0.3) is 0 Å². The van der Waals surface area contributed by atoms with Gasteiger partial charge in [0.2, 0.25) is 0 Å². The summed E-state index contributed by atoms with van der Waals surface area (Å²) in [5, 5.41) is 19.5. The van der Waals surface area contributed by atoms with Gasteiger partial charge >= 0.3 is 5.97 Å². The van der Waals surface area contributed by atoms with Crippen molar-refractivity contribution in [2.24, 2.45) is 0 Å². The number of carboxylic acid groups (broad SMARTS) is 1. The summed E-state index contributed by atoms with van der Waals surface area (Å²) in [6.07, 6.45) is 0.0531. The Kier molecular flexibility index (Phi) is 3.56. The highest BCUT2D eigenvalue weighted by molar-refractivity contribution is 9.10. The predicted octanol–water partition coefficient (Wildman–Crippen LogP) is 1.72. The summed E-state index contributed by atoms with van der Waals surface area (Å²) in [5.74, 6) is -0.124. The number of ether oxygens (including phenoxy) is 2. The Morgan fingerprint density at radius 1 is 1.33 bits per heavy atom. The monoisotopic (exact) mass is 354 g/mol. The van der Waals surface area contributed by atoms with Gasteiger partial charge in [-0.15, -0.1) is 0 Å². The van der Waals surface area contributed by atoms with Crippen LogP contribution in [0.4, 0.5) is 0 Å². The van der Waals surface area contributed by atoms with E-state index in [9.17, 15) is 9.90 Å². The van der Waals surface area contributed by atoms with E-state index in [0.29, 0.717) is 34.7 Å². The van der Waals surface area contributed by atoms with Gasteiger partial charge in [-0.2, -0.15) is 0 Å². The van der Waals surface area contributed by atoms with Gasteiger partial charge in [-0.1, -0.05) is 15.9 Å². The normalized spacial score (nSPS) is 14.8. The van der Waals surface area contributed by atoms with Crippen molar-refractivity contribution < 1.29 is 24.5 Å². The van der Waals surface area contributed by atoms with Gasteiger partial charge in [-0.25, -0.2) is 9.78 Å². The molecule has 0 bridgehead atoms. The van der Waals surface area contributed by atoms with Crippen molar-refractivity contribution in [2.75, 3.05) is 13.2 Å². The number of halogens is 1. The first-order valence-electron chi connectivity index (χ1n) is 6.11. The summed E-state index contributed by atoms with van der Waals surface area (Å²) in [5.41, 5.74) is 0.357. The Morgan fingerprint density at radius 2 is 2.00 bits per heavy atom. The van der Waals surface area contributed by atoms with E-state index in [2.05, 4.69) is 25.9 Å². The molecule has 110 valence electrons. The van der Waals surface area contributed by atoms with Crippen molar-refractivity contribution >= 4 is 21.9 Å². The fourth-order valence-corrected chi connectivity index (χ4v) is 2.67. The number of hydrogen-bond acceptors (Lipinski definition) is 5. The molecule has 0 saturated carbocycles. The lowest BCUT2D eigenvalue weighted by Crippen LogP contribution is -2.16. The van der Waals surface area contributed by atoms with Crippen molar-refractivity contribution in [3.8, 4) is 11.5 Å². The quantitative estimate of drug-likeness (QED) is 0.775. The number of nitrogens with one attached hydrogen (secondary N) is 1. The van der Waals surface area contributed by atoms with Crippen LogP contribution in [-0.2, 0) is 0 Å². The van der Waals surface area contributed by atoms with E-state index in [1.54, 1.807) is 12.1 Å². The van der Waals surface area contributed by atoms with Crippen molar-refractivity contribution in [2.45, 2.75) is 6.10 Å². The van der Waals surface area contributed by atoms with Crippen molar-refractivity contribution in [1.82, 2.24) is 9.97 Å². The average molecular weight is 355 g/mol. The van der Waals surface area contributed by atoms with Gasteiger partial charge in [0.1, 0.15) is 19.3 Å². The van der Waals surface area contributed by atoms with E-state index >= 15 is 0 Å². The number of hydrogen-bond donors (Lipinski definition) is 3. The molecule has 1 atom stereocenters. The molecule has 3 rings (SSSR count). The maximum atomic E-state index is 11.1. The number of aliphatic hydroxyl groups is 1. The number of benzene rings is 1. The predicted molar refractivity (Wildman–Crippen MR) is 74.7 cm³/mol. The smallest absolute Gasteiger partial charge is 0.356 e. The number of H-pyrrole nitrogens is 1. The second kappa shape index (κ2) is 5.38. The zero-order valence-electron chi connectivity index (χ0n) is 10.7. The molecular formula is C13H11BrN2O5. The maximum Gasteiger partial charge on any atom is 0.356 e. The van der Waals surface area contributed by atoms with Crippen LogP contribution in [0.15, 0.2) is 22.9 Å². The topological polar surface area (TPSA) is 105 Å². The minimum Gasteiger partial charge on any atom is -0.486 e. The summed E-state index contributed by atoms with van der Waals surface area (Å²) in [6, 6.07) is 3.31. The van der Waals surface area contributed by atoms with E-state index in [1.165, 1.54) is 6.33 Å². The lowest BCUT2D eigenvalue weighted by atomic mass is 10.0. The molecule has 1 unspecified atom stereocenters. The SMILES string of the molecule is O=C(O)c1nc[nH]c1C(O)c1cc2c(cc1Br)OCCO2. The van der Waals surface area contributed by atoms with Crippen molar-refractivity contribution in [3.05, 3.63) is 39.9 Å². The van der Waals surface area contributed by atoms with E-state index in [4.69, 9.17) is 14.6 Å². The van der Waals surface area contributed by atoms with E-state index < -0.39 is 12.1 Å². The first-order valence-corrected chi connectivity index (χ1v) is 6.91. The first-order chi connectivity index (χ1) is 10.1. The molecule has 0 radical (unpaired) electrons. The Hall–Kier alpha value is -2.06. The highest BCUT2D eigenvalue weighted by Crippen LogP contribution is 2.39. The summed E-state index contributed by atoms with van der Waals surface area (Å²) < 4.78 is 11.5. The zero-order chi connectivity index (χ0) is 15.0. The molecule has 0 saturated heterocycles. The van der Waals surface area contributed by atoms with Gasteiger partial charge in [0.05, 0.1) is 12.0 Å². The van der Waals surface area contributed by atoms with Crippen LogP contribution in [0, 0.1) is 0 Å². The Labute approximate surface area is 127 Å². The average Bonchev–Trinajstić information content (AvgIpc) is 2.95. The number of nitrogens with zero attached hydrogens (tertiary/aromatic N) is 1. The minimum absolute atomic E-state index is 0.111. The number of aromatic nitrogens is 2. The lowest BCUT2D eigenvalue weighted by molar-refractivity contribution is 0.0685. The third-order valence-corrected chi connectivity index (χ3v) is 3.79. The number of aromatic carboxylic acids is 1. The van der Waals surface area contributed by atoms with E-state index in [1.807, 2.05) is 0 Å².